The normalized spacial score (nSPS) is 30.4. The van der Waals surface area contributed by atoms with Crippen molar-refractivity contribution in [1.82, 2.24) is 0 Å². The third kappa shape index (κ3) is 2.30. The quantitative estimate of drug-likeness (QED) is 0.869. The van der Waals surface area contributed by atoms with Gasteiger partial charge < -0.3 is 5.11 Å². The Morgan fingerprint density at radius 2 is 1.90 bits per heavy atom. The lowest BCUT2D eigenvalue weighted by molar-refractivity contribution is -0.147. The molecule has 0 spiro atoms. The number of aliphatic carboxylic acids is 1. The molecule has 2 rings (SSSR count). The van der Waals surface area contributed by atoms with Crippen LogP contribution in [0.15, 0.2) is 29.2 Å². The summed E-state index contributed by atoms with van der Waals surface area (Å²) in [6.07, 6.45) is -2.17. The maximum Gasteiger partial charge on any atom is 0.310 e. The van der Waals surface area contributed by atoms with E-state index in [1.54, 1.807) is 0 Å². The van der Waals surface area contributed by atoms with Crippen molar-refractivity contribution in [2.75, 3.05) is 0 Å². The zero-order chi connectivity index (χ0) is 15.1. The van der Waals surface area contributed by atoms with Crippen LogP contribution in [0, 0.1) is 11.2 Å². The van der Waals surface area contributed by atoms with Gasteiger partial charge >= 0.3 is 5.97 Å². The van der Waals surface area contributed by atoms with Crippen molar-refractivity contribution in [1.29, 1.82) is 0 Å². The SMILES string of the molecule is CC1(C(=O)O)C[C@@H](F)CC1S(=O)(=O)c1ccc(F)cc1. The molecule has 0 amide bonds. The lowest BCUT2D eigenvalue weighted by Gasteiger charge is -2.26. The van der Waals surface area contributed by atoms with Gasteiger partial charge in [-0.3, -0.25) is 4.79 Å². The van der Waals surface area contributed by atoms with Crippen molar-refractivity contribution >= 4 is 15.8 Å². The Bertz CT molecular complexity index is 626. The van der Waals surface area contributed by atoms with Crippen molar-refractivity contribution < 1.29 is 27.1 Å². The first-order valence-electron chi connectivity index (χ1n) is 6.05. The number of sulfone groups is 1. The third-order valence-corrected chi connectivity index (χ3v) is 6.22. The van der Waals surface area contributed by atoms with E-state index in [1.807, 2.05) is 0 Å². The fourth-order valence-electron chi connectivity index (χ4n) is 2.65. The van der Waals surface area contributed by atoms with E-state index in [4.69, 9.17) is 0 Å². The number of hydrogen-bond donors (Lipinski definition) is 1. The number of rotatable bonds is 3. The molecule has 0 aliphatic heterocycles. The lowest BCUT2D eigenvalue weighted by Crippen LogP contribution is -2.40. The number of halogens is 2. The van der Waals surface area contributed by atoms with Crippen molar-refractivity contribution in [3.05, 3.63) is 30.1 Å². The molecular weight excluding hydrogens is 290 g/mol. The van der Waals surface area contributed by atoms with Crippen LogP contribution in [0.1, 0.15) is 19.8 Å². The molecule has 0 bridgehead atoms. The minimum Gasteiger partial charge on any atom is -0.481 e. The third-order valence-electron chi connectivity index (χ3n) is 3.83. The van der Waals surface area contributed by atoms with Crippen LogP contribution < -0.4 is 0 Å². The molecule has 1 aromatic carbocycles. The number of benzene rings is 1. The summed E-state index contributed by atoms with van der Waals surface area (Å²) in [6, 6.07) is 4.09. The maximum absolute atomic E-state index is 13.6. The van der Waals surface area contributed by atoms with Crippen LogP contribution in [0.2, 0.25) is 0 Å². The summed E-state index contributed by atoms with van der Waals surface area (Å²) >= 11 is 0. The highest BCUT2D eigenvalue weighted by atomic mass is 32.2. The van der Waals surface area contributed by atoms with E-state index >= 15 is 0 Å². The summed E-state index contributed by atoms with van der Waals surface area (Å²) in [7, 11) is -4.03. The second-order valence-electron chi connectivity index (χ2n) is 5.25. The van der Waals surface area contributed by atoms with Crippen LogP contribution in [-0.2, 0) is 14.6 Å². The monoisotopic (exact) mass is 304 g/mol. The number of alkyl halides is 1. The van der Waals surface area contributed by atoms with Crippen LogP contribution in [0.5, 0.6) is 0 Å². The van der Waals surface area contributed by atoms with Gasteiger partial charge in [-0.05, 0) is 44.0 Å². The number of carboxylic acid groups (broad SMARTS) is 1. The van der Waals surface area contributed by atoms with Gasteiger partial charge in [-0.1, -0.05) is 0 Å². The molecule has 1 fully saturated rings. The van der Waals surface area contributed by atoms with Crippen LogP contribution in [0.25, 0.3) is 0 Å². The Morgan fingerprint density at radius 1 is 1.35 bits per heavy atom. The van der Waals surface area contributed by atoms with Gasteiger partial charge in [-0.2, -0.15) is 0 Å². The number of carbonyl (C=O) groups is 1. The Balaban J connectivity index is 2.48. The highest BCUT2D eigenvalue weighted by Gasteiger charge is 2.55. The van der Waals surface area contributed by atoms with Crippen LogP contribution in [0.4, 0.5) is 8.78 Å². The van der Waals surface area contributed by atoms with E-state index in [1.165, 1.54) is 6.92 Å². The van der Waals surface area contributed by atoms with Gasteiger partial charge in [-0.15, -0.1) is 0 Å². The van der Waals surface area contributed by atoms with Crippen molar-refractivity contribution in [2.45, 2.75) is 36.1 Å². The van der Waals surface area contributed by atoms with Crippen LogP contribution in [-0.4, -0.2) is 30.9 Å². The van der Waals surface area contributed by atoms with Gasteiger partial charge in [-0.25, -0.2) is 17.2 Å². The van der Waals surface area contributed by atoms with E-state index in [2.05, 4.69) is 0 Å². The van der Waals surface area contributed by atoms with Crippen LogP contribution in [0.3, 0.4) is 0 Å². The Kier molecular flexibility index (Phi) is 3.58. The van der Waals surface area contributed by atoms with Gasteiger partial charge in [0.25, 0.3) is 0 Å². The average Bonchev–Trinajstić information content (AvgIpc) is 2.67. The lowest BCUT2D eigenvalue weighted by atomic mass is 9.89. The highest BCUT2D eigenvalue weighted by molar-refractivity contribution is 7.92. The molecule has 1 aliphatic rings. The van der Waals surface area contributed by atoms with E-state index in [9.17, 15) is 27.1 Å². The van der Waals surface area contributed by atoms with Crippen molar-refractivity contribution in [2.24, 2.45) is 5.41 Å². The smallest absolute Gasteiger partial charge is 0.310 e. The van der Waals surface area contributed by atoms with Crippen LogP contribution >= 0.6 is 0 Å². The molecule has 2 unspecified atom stereocenters. The molecule has 0 saturated heterocycles. The first kappa shape index (κ1) is 14.9. The van der Waals surface area contributed by atoms with Gasteiger partial charge in [0.1, 0.15) is 12.0 Å². The molecule has 3 atom stereocenters. The molecule has 1 saturated carbocycles. The summed E-state index contributed by atoms with van der Waals surface area (Å²) in [6.45, 7) is 1.24. The Hall–Kier alpha value is -1.50. The zero-order valence-corrected chi connectivity index (χ0v) is 11.5. The van der Waals surface area contributed by atoms with Crippen molar-refractivity contribution in [3.8, 4) is 0 Å². The molecule has 1 aromatic rings. The maximum atomic E-state index is 13.6. The van der Waals surface area contributed by atoms with Gasteiger partial charge in [0.2, 0.25) is 0 Å². The van der Waals surface area contributed by atoms with E-state index in [-0.39, 0.29) is 17.7 Å². The second-order valence-corrected chi connectivity index (χ2v) is 7.38. The molecule has 20 heavy (non-hydrogen) atoms. The van der Waals surface area contributed by atoms with E-state index in [0.29, 0.717) is 0 Å². The topological polar surface area (TPSA) is 71.4 Å². The number of carboxylic acids is 1. The fourth-order valence-corrected chi connectivity index (χ4v) is 4.84. The predicted molar refractivity (Wildman–Crippen MR) is 67.2 cm³/mol. The molecule has 0 heterocycles. The summed E-state index contributed by atoms with van der Waals surface area (Å²) in [5, 5.41) is 7.87. The molecule has 110 valence electrons. The molecular formula is C13H14F2O4S. The zero-order valence-electron chi connectivity index (χ0n) is 10.7. The standard InChI is InChI=1S/C13H14F2O4S/c1-13(12(16)17)7-9(15)6-11(13)20(18,19)10-4-2-8(14)3-5-10/h2-5,9,11H,6-7H2,1H3,(H,16,17)/t9-,11?,13?/m0/s1. The number of hydrogen-bond acceptors (Lipinski definition) is 3. The predicted octanol–water partition coefficient (Wildman–Crippen LogP) is 2.19. The Morgan fingerprint density at radius 3 is 2.40 bits per heavy atom. The molecule has 4 nitrogen and oxygen atoms in total. The molecule has 1 N–H and O–H groups in total. The summed E-state index contributed by atoms with van der Waals surface area (Å²) in [5.41, 5.74) is -1.67. The minimum atomic E-state index is -4.03. The van der Waals surface area contributed by atoms with E-state index < -0.39 is 38.5 Å². The van der Waals surface area contributed by atoms with Crippen molar-refractivity contribution in [3.63, 3.8) is 0 Å². The van der Waals surface area contributed by atoms with E-state index in [0.717, 1.165) is 24.3 Å². The fraction of sp³-hybridized carbons (Fsp3) is 0.462. The molecule has 7 heteroatoms. The second kappa shape index (κ2) is 4.80. The summed E-state index contributed by atoms with van der Waals surface area (Å²) in [5.74, 6) is -1.94. The molecule has 1 aliphatic carbocycles. The first-order chi connectivity index (χ1) is 9.18. The van der Waals surface area contributed by atoms with Gasteiger partial charge in [0.05, 0.1) is 15.6 Å². The minimum absolute atomic E-state index is 0.189. The van der Waals surface area contributed by atoms with Gasteiger partial charge in [0, 0.05) is 0 Å². The highest BCUT2D eigenvalue weighted by Crippen LogP contribution is 2.45. The summed E-state index contributed by atoms with van der Waals surface area (Å²) < 4.78 is 51.3. The van der Waals surface area contributed by atoms with Gasteiger partial charge in [0.15, 0.2) is 9.84 Å². The average molecular weight is 304 g/mol. The Labute approximate surface area is 115 Å². The first-order valence-corrected chi connectivity index (χ1v) is 7.59. The largest absolute Gasteiger partial charge is 0.481 e. The molecule has 0 aromatic heterocycles. The molecule has 0 radical (unpaired) electrons. The summed E-state index contributed by atoms with van der Waals surface area (Å²) in [4.78, 5) is 11.1.